The Bertz CT molecular complexity index is 1190. The van der Waals surface area contributed by atoms with Crippen molar-refractivity contribution in [2.75, 3.05) is 7.11 Å². The molecule has 4 aliphatic carbocycles. The summed E-state index contributed by atoms with van der Waals surface area (Å²) < 4.78 is 7.56. The highest BCUT2D eigenvalue weighted by atomic mass is 35.5. The molecule has 0 spiro atoms. The molecule has 1 aromatic heterocycles. The van der Waals surface area contributed by atoms with Crippen molar-refractivity contribution in [1.29, 1.82) is 0 Å². The van der Waals surface area contributed by atoms with Crippen molar-refractivity contribution < 1.29 is 14.3 Å². The van der Waals surface area contributed by atoms with Gasteiger partial charge in [0.25, 0.3) is 11.8 Å². The van der Waals surface area contributed by atoms with Gasteiger partial charge in [0.2, 0.25) is 0 Å². The van der Waals surface area contributed by atoms with Crippen LogP contribution in [0.15, 0.2) is 41.5 Å². The zero-order valence-corrected chi connectivity index (χ0v) is 18.9. The lowest BCUT2D eigenvalue weighted by Crippen LogP contribution is -2.40. The number of hydrogen-bond donors (Lipinski definition) is 0. The Morgan fingerprint density at radius 1 is 1.06 bits per heavy atom. The van der Waals surface area contributed by atoms with E-state index in [1.54, 1.807) is 19.4 Å². The number of carbonyl (C=O) groups excluding carboxylic acids is 2. The van der Waals surface area contributed by atoms with Crippen LogP contribution in [0.4, 0.5) is 0 Å². The molecule has 1 aromatic carbocycles. The van der Waals surface area contributed by atoms with Gasteiger partial charge < -0.3 is 9.30 Å². The van der Waals surface area contributed by atoms with Crippen molar-refractivity contribution in [3.8, 4) is 11.4 Å². The average Bonchev–Trinajstić information content (AvgIpc) is 3.50. The Morgan fingerprint density at radius 2 is 1.72 bits per heavy atom. The number of halogens is 1. The molecule has 2 bridgehead atoms. The normalized spacial score (nSPS) is 32.1. The zero-order chi connectivity index (χ0) is 22.3. The second-order valence-corrected chi connectivity index (χ2v) is 9.80. The van der Waals surface area contributed by atoms with E-state index in [9.17, 15) is 9.59 Å². The van der Waals surface area contributed by atoms with Crippen LogP contribution < -0.4 is 4.74 Å². The van der Waals surface area contributed by atoms with Gasteiger partial charge in [-0.3, -0.25) is 9.59 Å². The van der Waals surface area contributed by atoms with Crippen LogP contribution >= 0.6 is 11.6 Å². The highest BCUT2D eigenvalue weighted by Crippen LogP contribution is 2.65. The number of aryl methyl sites for hydroxylation is 1. The number of carbonyl (C=O) groups is 2. The van der Waals surface area contributed by atoms with E-state index in [-0.39, 0.29) is 35.5 Å². The molecule has 0 radical (unpaired) electrons. The highest BCUT2D eigenvalue weighted by Gasteiger charge is 2.67. The Labute approximate surface area is 191 Å². The van der Waals surface area contributed by atoms with E-state index in [0.29, 0.717) is 22.6 Å². The maximum Gasteiger partial charge on any atom is 0.254 e. The lowest BCUT2D eigenvalue weighted by molar-refractivity contribution is -0.140. The third-order valence-electron chi connectivity index (χ3n) is 7.80. The predicted octanol–water partition coefficient (Wildman–Crippen LogP) is 4.14. The molecule has 2 aromatic rings. The highest BCUT2D eigenvalue weighted by molar-refractivity contribution is 6.30. The van der Waals surface area contributed by atoms with E-state index >= 15 is 0 Å². The molecule has 7 rings (SSSR count). The summed E-state index contributed by atoms with van der Waals surface area (Å²) in [5.74, 6) is 1.51. The quantitative estimate of drug-likeness (QED) is 0.400. The molecule has 6 nitrogen and oxygen atoms in total. The molecule has 2 heterocycles. The van der Waals surface area contributed by atoms with E-state index < -0.39 is 0 Å². The summed E-state index contributed by atoms with van der Waals surface area (Å²) in [4.78, 5) is 26.3. The lowest BCUT2D eigenvalue weighted by Gasteiger charge is -2.37. The molecule has 0 N–H and O–H groups in total. The number of amides is 2. The smallest absolute Gasteiger partial charge is 0.254 e. The van der Waals surface area contributed by atoms with E-state index in [0.717, 1.165) is 34.1 Å². The SMILES string of the molecule is COc1ccc(Cl)cc1-n1c(C)cc(/C=N\N2C(=O)[C@@H]3[C@H]4C=C[C@@H]([C@@H]5C[C@@H]45)[C@H]3C2=O)c1C. The van der Waals surface area contributed by atoms with Gasteiger partial charge in [-0.25, -0.2) is 0 Å². The van der Waals surface area contributed by atoms with Gasteiger partial charge in [0.05, 0.1) is 30.8 Å². The summed E-state index contributed by atoms with van der Waals surface area (Å²) in [6, 6.07) is 7.46. The van der Waals surface area contributed by atoms with Crippen LogP contribution in [0, 0.1) is 49.4 Å². The zero-order valence-electron chi connectivity index (χ0n) is 18.2. The van der Waals surface area contributed by atoms with Gasteiger partial charge >= 0.3 is 0 Å². The van der Waals surface area contributed by atoms with Gasteiger partial charge in [-0.1, -0.05) is 23.8 Å². The van der Waals surface area contributed by atoms with Gasteiger partial charge in [0.1, 0.15) is 5.75 Å². The van der Waals surface area contributed by atoms with Crippen LogP contribution in [0.25, 0.3) is 5.69 Å². The van der Waals surface area contributed by atoms with Crippen molar-refractivity contribution in [2.24, 2.45) is 40.6 Å². The maximum absolute atomic E-state index is 13.1. The monoisotopic (exact) mass is 449 g/mol. The Hall–Kier alpha value is -2.86. The Kier molecular flexibility index (Phi) is 4.22. The summed E-state index contributed by atoms with van der Waals surface area (Å²) in [5, 5.41) is 6.13. The molecular weight excluding hydrogens is 426 g/mol. The third kappa shape index (κ3) is 2.62. The van der Waals surface area contributed by atoms with Crippen LogP contribution in [-0.4, -0.2) is 34.7 Å². The molecule has 6 atom stereocenters. The first kappa shape index (κ1) is 19.8. The van der Waals surface area contributed by atoms with Gasteiger partial charge in [-0.05, 0) is 68.2 Å². The number of hydrogen-bond acceptors (Lipinski definition) is 4. The predicted molar refractivity (Wildman–Crippen MR) is 121 cm³/mol. The minimum atomic E-state index is -0.235. The van der Waals surface area contributed by atoms with Crippen molar-refractivity contribution in [2.45, 2.75) is 20.3 Å². The molecule has 0 unspecified atom stereocenters. The standard InChI is InChI=1S/C25H24ClN3O3/c1-12-8-14(13(2)28(12)20-9-15(26)4-7-21(20)32-3)11-27-29-24(30)22-16-5-6-17(19-10-18(16)19)23(22)25(29)31/h4-9,11,16-19,22-23H,10H2,1-3H3/b27-11-/t16-,17-,18-,19-,22+,23+/m0/s1. The van der Waals surface area contributed by atoms with E-state index in [2.05, 4.69) is 17.3 Å². The van der Waals surface area contributed by atoms with Crippen LogP contribution in [0.1, 0.15) is 23.4 Å². The van der Waals surface area contributed by atoms with Crippen molar-refractivity contribution in [1.82, 2.24) is 9.58 Å². The second kappa shape index (κ2) is 6.82. The topological polar surface area (TPSA) is 63.9 Å². The second-order valence-electron chi connectivity index (χ2n) is 9.37. The summed E-state index contributed by atoms with van der Waals surface area (Å²) in [7, 11) is 1.62. The maximum atomic E-state index is 13.1. The molecule has 5 aliphatic rings. The summed E-state index contributed by atoms with van der Waals surface area (Å²) in [5.41, 5.74) is 3.56. The van der Waals surface area contributed by atoms with Gasteiger partial charge in [0, 0.05) is 22.0 Å². The van der Waals surface area contributed by atoms with Gasteiger partial charge in [-0.2, -0.15) is 10.1 Å². The first-order valence-electron chi connectivity index (χ1n) is 11.0. The number of benzene rings is 1. The van der Waals surface area contributed by atoms with Crippen LogP contribution in [0.2, 0.25) is 5.02 Å². The number of aromatic nitrogens is 1. The first-order valence-corrected chi connectivity index (χ1v) is 11.4. The molecule has 7 heteroatoms. The summed E-state index contributed by atoms with van der Waals surface area (Å²) in [6.45, 7) is 3.96. The molecular formula is C25H24ClN3O3. The lowest BCUT2D eigenvalue weighted by atomic mass is 9.63. The van der Waals surface area contributed by atoms with Crippen molar-refractivity contribution >= 4 is 29.6 Å². The van der Waals surface area contributed by atoms with Crippen LogP contribution in [0.5, 0.6) is 5.75 Å². The average molecular weight is 450 g/mol. The number of hydrazone groups is 1. The number of rotatable bonds is 4. The fourth-order valence-electron chi connectivity index (χ4n) is 6.30. The van der Waals surface area contributed by atoms with E-state index in [1.165, 1.54) is 0 Å². The summed E-state index contributed by atoms with van der Waals surface area (Å²) >= 11 is 6.23. The van der Waals surface area contributed by atoms with Gasteiger partial charge in [0.15, 0.2) is 0 Å². The molecule has 32 heavy (non-hydrogen) atoms. The minimum absolute atomic E-state index is 0.147. The molecule has 3 fully saturated rings. The number of nitrogens with zero attached hydrogens (tertiary/aromatic N) is 3. The van der Waals surface area contributed by atoms with Crippen molar-refractivity contribution in [3.63, 3.8) is 0 Å². The number of methoxy groups -OCH3 is 1. The number of allylic oxidation sites excluding steroid dienone is 2. The summed E-state index contributed by atoms with van der Waals surface area (Å²) in [6.07, 6.45) is 7.12. The fraction of sp³-hybridized carbons (Fsp3) is 0.400. The third-order valence-corrected chi connectivity index (χ3v) is 8.04. The Balaban J connectivity index is 1.32. The molecule has 1 aliphatic heterocycles. The van der Waals surface area contributed by atoms with E-state index in [1.807, 2.05) is 36.6 Å². The van der Waals surface area contributed by atoms with Gasteiger partial charge in [-0.15, -0.1) is 0 Å². The first-order chi connectivity index (χ1) is 15.4. The number of ether oxygens (including phenoxy) is 1. The molecule has 1 saturated heterocycles. The van der Waals surface area contributed by atoms with Crippen LogP contribution in [0.3, 0.4) is 0 Å². The molecule has 164 valence electrons. The Morgan fingerprint density at radius 3 is 2.34 bits per heavy atom. The van der Waals surface area contributed by atoms with E-state index in [4.69, 9.17) is 16.3 Å². The fourth-order valence-corrected chi connectivity index (χ4v) is 6.47. The molecule has 2 amide bonds. The van der Waals surface area contributed by atoms with Crippen molar-refractivity contribution in [3.05, 3.63) is 58.4 Å². The number of imide groups is 1. The largest absolute Gasteiger partial charge is 0.495 e. The van der Waals surface area contributed by atoms with Crippen LogP contribution in [-0.2, 0) is 9.59 Å². The minimum Gasteiger partial charge on any atom is -0.495 e. The molecule has 2 saturated carbocycles.